The van der Waals surface area contributed by atoms with E-state index < -0.39 is 0 Å². The fourth-order valence-electron chi connectivity index (χ4n) is 2.33. The number of benzene rings is 1. The molecule has 0 saturated carbocycles. The number of anilines is 1. The second-order valence-electron chi connectivity index (χ2n) is 6.41. The van der Waals surface area contributed by atoms with Crippen LogP contribution < -0.4 is 10.2 Å². The van der Waals surface area contributed by atoms with Crippen molar-refractivity contribution in [1.82, 2.24) is 5.32 Å². The molecule has 2 nitrogen and oxygen atoms in total. The van der Waals surface area contributed by atoms with Gasteiger partial charge in [-0.15, -0.1) is 0 Å². The Morgan fingerprint density at radius 2 is 1.78 bits per heavy atom. The predicted molar refractivity (Wildman–Crippen MR) is 79.0 cm³/mol. The summed E-state index contributed by atoms with van der Waals surface area (Å²) in [7, 11) is 0. The highest BCUT2D eigenvalue weighted by molar-refractivity contribution is 5.50. The van der Waals surface area contributed by atoms with Crippen LogP contribution in [0.5, 0.6) is 0 Å². The Hall–Kier alpha value is -1.02. The van der Waals surface area contributed by atoms with Gasteiger partial charge in [-0.1, -0.05) is 39.8 Å². The van der Waals surface area contributed by atoms with Crippen LogP contribution in [0.2, 0.25) is 0 Å². The quantitative estimate of drug-likeness (QED) is 0.877. The van der Waals surface area contributed by atoms with Crippen molar-refractivity contribution in [3.63, 3.8) is 0 Å². The van der Waals surface area contributed by atoms with Crippen LogP contribution in [-0.2, 0) is 6.54 Å². The molecule has 0 unspecified atom stereocenters. The summed E-state index contributed by atoms with van der Waals surface area (Å²) < 4.78 is 0. The second-order valence-corrected chi connectivity index (χ2v) is 6.41. The van der Waals surface area contributed by atoms with Gasteiger partial charge in [-0.3, -0.25) is 0 Å². The Balaban J connectivity index is 1.88. The zero-order valence-electron chi connectivity index (χ0n) is 12.2. The van der Waals surface area contributed by atoms with Gasteiger partial charge in [0.15, 0.2) is 0 Å². The first-order valence-corrected chi connectivity index (χ1v) is 7.05. The Bertz CT molecular complexity index is 369. The van der Waals surface area contributed by atoms with Crippen LogP contribution in [0.3, 0.4) is 0 Å². The molecule has 18 heavy (non-hydrogen) atoms. The minimum Gasteiger partial charge on any atom is -0.371 e. The number of rotatable bonds is 4. The molecule has 0 aromatic heterocycles. The van der Waals surface area contributed by atoms with Gasteiger partial charge < -0.3 is 10.2 Å². The SMILES string of the molecule is CCNCc1ccc(N2CC(C(C)(C)C)C2)cc1. The topological polar surface area (TPSA) is 15.3 Å². The van der Waals surface area contributed by atoms with Crippen molar-refractivity contribution in [2.75, 3.05) is 24.5 Å². The van der Waals surface area contributed by atoms with E-state index in [0.717, 1.165) is 19.0 Å². The van der Waals surface area contributed by atoms with E-state index in [9.17, 15) is 0 Å². The molecule has 1 heterocycles. The molecule has 100 valence electrons. The lowest BCUT2D eigenvalue weighted by molar-refractivity contribution is 0.195. The Morgan fingerprint density at radius 1 is 1.17 bits per heavy atom. The molecular weight excluding hydrogens is 220 g/mol. The molecule has 0 aliphatic carbocycles. The van der Waals surface area contributed by atoms with Crippen LogP contribution in [-0.4, -0.2) is 19.6 Å². The van der Waals surface area contributed by atoms with Gasteiger partial charge in [0.2, 0.25) is 0 Å². The average molecular weight is 246 g/mol. The van der Waals surface area contributed by atoms with Crippen molar-refractivity contribution in [3.05, 3.63) is 29.8 Å². The van der Waals surface area contributed by atoms with Gasteiger partial charge in [0.05, 0.1) is 0 Å². The van der Waals surface area contributed by atoms with E-state index in [1.165, 1.54) is 24.3 Å². The fraction of sp³-hybridized carbons (Fsp3) is 0.625. The molecule has 1 aromatic rings. The summed E-state index contributed by atoms with van der Waals surface area (Å²) in [6, 6.07) is 8.99. The zero-order chi connectivity index (χ0) is 13.2. The van der Waals surface area contributed by atoms with E-state index in [1.807, 2.05) is 0 Å². The van der Waals surface area contributed by atoms with Gasteiger partial charge in [0, 0.05) is 25.3 Å². The summed E-state index contributed by atoms with van der Waals surface area (Å²) in [5.41, 5.74) is 3.19. The summed E-state index contributed by atoms with van der Waals surface area (Å²) in [5.74, 6) is 0.832. The molecule has 1 aliphatic heterocycles. The number of hydrogen-bond donors (Lipinski definition) is 1. The molecular formula is C16H26N2. The number of nitrogens with zero attached hydrogens (tertiary/aromatic N) is 1. The van der Waals surface area contributed by atoms with Gasteiger partial charge in [-0.05, 0) is 35.6 Å². The highest BCUT2D eigenvalue weighted by Crippen LogP contribution is 2.36. The van der Waals surface area contributed by atoms with Gasteiger partial charge in [-0.2, -0.15) is 0 Å². The summed E-state index contributed by atoms with van der Waals surface area (Å²) in [6.07, 6.45) is 0. The van der Waals surface area contributed by atoms with Crippen LogP contribution in [0, 0.1) is 11.3 Å². The molecule has 2 rings (SSSR count). The second kappa shape index (κ2) is 5.31. The Kier molecular flexibility index (Phi) is 3.96. The largest absolute Gasteiger partial charge is 0.371 e. The molecule has 1 aliphatic rings. The lowest BCUT2D eigenvalue weighted by Gasteiger charge is -2.47. The van der Waals surface area contributed by atoms with E-state index in [-0.39, 0.29) is 0 Å². The fourth-order valence-corrected chi connectivity index (χ4v) is 2.33. The summed E-state index contributed by atoms with van der Waals surface area (Å²) >= 11 is 0. The van der Waals surface area contributed by atoms with Gasteiger partial charge >= 0.3 is 0 Å². The normalized spacial score (nSPS) is 16.8. The standard InChI is InChI=1S/C16H26N2/c1-5-17-10-13-6-8-15(9-7-13)18-11-14(12-18)16(2,3)4/h6-9,14,17H,5,10-12H2,1-4H3. The monoisotopic (exact) mass is 246 g/mol. The van der Waals surface area contributed by atoms with E-state index in [4.69, 9.17) is 0 Å². The number of hydrogen-bond acceptors (Lipinski definition) is 2. The first-order chi connectivity index (χ1) is 8.50. The third kappa shape index (κ3) is 3.05. The van der Waals surface area contributed by atoms with Gasteiger partial charge in [0.25, 0.3) is 0 Å². The predicted octanol–water partition coefficient (Wildman–Crippen LogP) is 3.28. The van der Waals surface area contributed by atoms with Crippen molar-refractivity contribution >= 4 is 5.69 Å². The first kappa shape index (κ1) is 13.4. The third-order valence-electron chi connectivity index (χ3n) is 3.99. The molecule has 1 N–H and O–H groups in total. The molecule has 1 saturated heterocycles. The molecule has 0 radical (unpaired) electrons. The maximum atomic E-state index is 3.35. The summed E-state index contributed by atoms with van der Waals surface area (Å²) in [4.78, 5) is 2.48. The highest BCUT2D eigenvalue weighted by Gasteiger charge is 2.35. The van der Waals surface area contributed by atoms with Crippen LogP contribution in [0.25, 0.3) is 0 Å². The average Bonchev–Trinajstić information content (AvgIpc) is 2.24. The van der Waals surface area contributed by atoms with E-state index in [1.54, 1.807) is 0 Å². The van der Waals surface area contributed by atoms with Gasteiger partial charge in [-0.25, -0.2) is 0 Å². The van der Waals surface area contributed by atoms with E-state index >= 15 is 0 Å². The Morgan fingerprint density at radius 3 is 2.28 bits per heavy atom. The molecule has 1 aromatic carbocycles. The molecule has 0 bridgehead atoms. The van der Waals surface area contributed by atoms with Crippen molar-refractivity contribution in [2.45, 2.75) is 34.2 Å². The van der Waals surface area contributed by atoms with E-state index in [2.05, 4.69) is 62.2 Å². The minimum absolute atomic E-state index is 0.446. The van der Waals surface area contributed by atoms with Crippen LogP contribution in [0.15, 0.2) is 24.3 Å². The smallest absolute Gasteiger partial charge is 0.0366 e. The van der Waals surface area contributed by atoms with Crippen molar-refractivity contribution < 1.29 is 0 Å². The summed E-state index contributed by atoms with van der Waals surface area (Å²) in [6.45, 7) is 13.6. The van der Waals surface area contributed by atoms with Crippen LogP contribution in [0.1, 0.15) is 33.3 Å². The zero-order valence-corrected chi connectivity index (χ0v) is 12.2. The molecule has 0 atom stereocenters. The molecule has 2 heteroatoms. The molecule has 1 fully saturated rings. The van der Waals surface area contributed by atoms with Crippen molar-refractivity contribution in [2.24, 2.45) is 11.3 Å². The highest BCUT2D eigenvalue weighted by atomic mass is 15.2. The van der Waals surface area contributed by atoms with Crippen LogP contribution in [0.4, 0.5) is 5.69 Å². The Labute approximate surface area is 111 Å². The van der Waals surface area contributed by atoms with Crippen molar-refractivity contribution in [3.8, 4) is 0 Å². The lowest BCUT2D eigenvalue weighted by Crippen LogP contribution is -2.52. The molecule has 0 amide bonds. The maximum Gasteiger partial charge on any atom is 0.0366 e. The first-order valence-electron chi connectivity index (χ1n) is 7.05. The van der Waals surface area contributed by atoms with Crippen LogP contribution >= 0.6 is 0 Å². The maximum absolute atomic E-state index is 3.35. The van der Waals surface area contributed by atoms with E-state index in [0.29, 0.717) is 5.41 Å². The number of nitrogens with one attached hydrogen (secondary N) is 1. The summed E-state index contributed by atoms with van der Waals surface area (Å²) in [5, 5.41) is 3.35. The van der Waals surface area contributed by atoms with Gasteiger partial charge in [0.1, 0.15) is 0 Å². The molecule has 0 spiro atoms. The van der Waals surface area contributed by atoms with Crippen molar-refractivity contribution in [1.29, 1.82) is 0 Å². The third-order valence-corrected chi connectivity index (χ3v) is 3.99. The minimum atomic E-state index is 0.446. The lowest BCUT2D eigenvalue weighted by atomic mass is 9.76.